The predicted molar refractivity (Wildman–Crippen MR) is 151 cm³/mol. The van der Waals surface area contributed by atoms with Crippen molar-refractivity contribution < 1.29 is 32.5 Å². The Labute approximate surface area is 245 Å². The van der Waals surface area contributed by atoms with E-state index < -0.39 is 23.6 Å². The zero-order chi connectivity index (χ0) is 30.1. The van der Waals surface area contributed by atoms with Crippen molar-refractivity contribution in [2.24, 2.45) is 0 Å². The Kier molecular flexibility index (Phi) is 8.44. The molecular formula is C28H30ClF3N6O4. The van der Waals surface area contributed by atoms with Gasteiger partial charge in [-0.25, -0.2) is 19.7 Å². The molecule has 14 heteroatoms. The molecule has 2 N–H and O–H groups in total. The van der Waals surface area contributed by atoms with Crippen LogP contribution in [0.3, 0.4) is 0 Å². The van der Waals surface area contributed by atoms with Gasteiger partial charge in [-0.2, -0.15) is 13.2 Å². The van der Waals surface area contributed by atoms with Gasteiger partial charge in [0.1, 0.15) is 0 Å². The summed E-state index contributed by atoms with van der Waals surface area (Å²) in [5, 5.41) is 12.5. The van der Waals surface area contributed by atoms with Crippen LogP contribution in [0.4, 0.5) is 35.4 Å². The van der Waals surface area contributed by atoms with Crippen molar-refractivity contribution in [2.75, 3.05) is 41.4 Å². The zero-order valence-electron chi connectivity index (χ0n) is 23.0. The van der Waals surface area contributed by atoms with Gasteiger partial charge in [0.05, 0.1) is 53.6 Å². The summed E-state index contributed by atoms with van der Waals surface area (Å²) in [6.07, 6.45) is 0.416. The van der Waals surface area contributed by atoms with Crippen molar-refractivity contribution in [1.82, 2.24) is 15.0 Å². The molecule has 5 rings (SSSR count). The van der Waals surface area contributed by atoms with Crippen molar-refractivity contribution in [3.63, 3.8) is 0 Å². The number of aliphatic hydroxyl groups is 1. The number of halogens is 4. The van der Waals surface area contributed by atoms with E-state index in [2.05, 4.69) is 25.2 Å². The third-order valence-corrected chi connectivity index (χ3v) is 7.10. The van der Waals surface area contributed by atoms with Gasteiger partial charge in [-0.3, -0.25) is 10.2 Å². The number of amides is 2. The number of carbonyl (C=O) groups is 1. The van der Waals surface area contributed by atoms with Gasteiger partial charge < -0.3 is 19.5 Å². The molecule has 0 radical (unpaired) electrons. The molecule has 2 aliphatic heterocycles. The molecule has 0 saturated carbocycles. The van der Waals surface area contributed by atoms with E-state index in [4.69, 9.17) is 21.1 Å². The molecule has 2 aromatic heterocycles. The van der Waals surface area contributed by atoms with Crippen LogP contribution in [0.15, 0.2) is 42.7 Å². The van der Waals surface area contributed by atoms with Crippen molar-refractivity contribution in [1.29, 1.82) is 0 Å². The molecule has 1 aromatic carbocycles. The topological polar surface area (TPSA) is 113 Å². The number of pyridine rings is 1. The monoisotopic (exact) mass is 606 g/mol. The lowest BCUT2D eigenvalue weighted by Gasteiger charge is -2.45. The highest BCUT2D eigenvalue weighted by Crippen LogP contribution is 2.43. The van der Waals surface area contributed by atoms with E-state index in [1.165, 1.54) is 29.4 Å². The number of aromatic nitrogens is 3. The van der Waals surface area contributed by atoms with Crippen LogP contribution in [-0.2, 0) is 10.9 Å². The number of urea groups is 1. The Bertz CT molecular complexity index is 1430. The second-order valence-electron chi connectivity index (χ2n) is 10.5. The maximum absolute atomic E-state index is 13.6. The van der Waals surface area contributed by atoms with Crippen LogP contribution in [0.2, 0.25) is 5.02 Å². The van der Waals surface area contributed by atoms with Crippen LogP contribution in [0.1, 0.15) is 38.7 Å². The minimum atomic E-state index is -4.53. The average Bonchev–Trinajstić information content (AvgIpc) is 2.93. The van der Waals surface area contributed by atoms with Crippen LogP contribution >= 0.6 is 11.6 Å². The summed E-state index contributed by atoms with van der Waals surface area (Å²) in [6, 6.07) is 5.68. The van der Waals surface area contributed by atoms with Gasteiger partial charge in [-0.05, 0) is 44.9 Å². The Morgan fingerprint density at radius 2 is 1.95 bits per heavy atom. The Balaban J connectivity index is 1.35. The summed E-state index contributed by atoms with van der Waals surface area (Å²) in [7, 11) is 0. The largest absolute Gasteiger partial charge is 0.490 e. The van der Waals surface area contributed by atoms with Crippen LogP contribution in [0.5, 0.6) is 5.75 Å². The summed E-state index contributed by atoms with van der Waals surface area (Å²) >= 11 is 6.55. The van der Waals surface area contributed by atoms with E-state index in [1.807, 2.05) is 0 Å². The lowest BCUT2D eigenvalue weighted by atomic mass is 9.99. The predicted octanol–water partition coefficient (Wildman–Crippen LogP) is 5.75. The maximum atomic E-state index is 13.6. The summed E-state index contributed by atoms with van der Waals surface area (Å²) in [5.74, 6) is -0.474. The van der Waals surface area contributed by atoms with E-state index in [1.54, 1.807) is 19.9 Å². The lowest BCUT2D eigenvalue weighted by molar-refractivity contribution is -0.176. The van der Waals surface area contributed by atoms with Crippen molar-refractivity contribution >= 4 is 35.1 Å². The van der Waals surface area contributed by atoms with Crippen molar-refractivity contribution in [3.05, 3.63) is 53.3 Å². The fraction of sp³-hybridized carbons (Fsp3) is 0.429. The van der Waals surface area contributed by atoms with Crippen LogP contribution < -0.4 is 19.9 Å². The highest BCUT2D eigenvalue weighted by Gasteiger charge is 2.39. The van der Waals surface area contributed by atoms with Gasteiger partial charge in [0, 0.05) is 25.1 Å². The summed E-state index contributed by atoms with van der Waals surface area (Å²) in [6.45, 7) is 5.02. The average molecular weight is 607 g/mol. The first-order valence-electron chi connectivity index (χ1n) is 13.4. The summed E-state index contributed by atoms with van der Waals surface area (Å²) in [4.78, 5) is 30.2. The van der Waals surface area contributed by atoms with Crippen molar-refractivity contribution in [3.8, 4) is 17.0 Å². The first-order chi connectivity index (χ1) is 19.9. The van der Waals surface area contributed by atoms with E-state index >= 15 is 0 Å². The number of ether oxygens (including phenoxy) is 2. The Hall–Kier alpha value is -3.68. The first-order valence-corrected chi connectivity index (χ1v) is 13.8. The number of fused-ring (bicyclic) bond motifs is 4. The van der Waals surface area contributed by atoms with Crippen LogP contribution in [0, 0.1) is 0 Å². The molecule has 1 saturated heterocycles. The standard InChI is InChI=1S/C28H30ClF3N6O4/c1-27(2,40)42-11-5-10-41-20-14-33-25(34-15-20)36-26(39)38-19-8-4-9-37(16-19)22-13-21(29)23(35-24(22)38)17-6-3-7-18(12-17)28(30,31)32/h3,6-7,12-15,19,40H,4-5,8-11,16H2,1-2H3,(H,33,34,36,39)/t19-/m0/s1. The minimum absolute atomic E-state index is 0.0459. The fourth-order valence-corrected chi connectivity index (χ4v) is 5.18. The second kappa shape index (κ2) is 11.9. The normalized spacial score (nSPS) is 16.7. The Morgan fingerprint density at radius 1 is 1.19 bits per heavy atom. The molecule has 224 valence electrons. The number of hydrogen-bond acceptors (Lipinski definition) is 8. The number of nitrogens with one attached hydrogen (secondary N) is 1. The third-order valence-electron chi connectivity index (χ3n) is 6.81. The van der Waals surface area contributed by atoms with E-state index in [0.717, 1.165) is 31.5 Å². The number of hydrogen-bond donors (Lipinski definition) is 2. The van der Waals surface area contributed by atoms with Crippen molar-refractivity contribution in [2.45, 2.75) is 51.1 Å². The molecule has 3 aromatic rings. The number of alkyl halides is 3. The third kappa shape index (κ3) is 6.85. The SMILES string of the molecule is CC(C)(O)OCCCOc1cnc(NC(=O)N2c3nc(-c4cccc(C(F)(F)F)c4)c(Cl)cc3N3CCC[C@H]2C3)nc1. The van der Waals surface area contributed by atoms with Gasteiger partial charge in [-0.15, -0.1) is 0 Å². The number of benzene rings is 1. The highest BCUT2D eigenvalue weighted by atomic mass is 35.5. The van der Waals surface area contributed by atoms with Crippen LogP contribution in [0.25, 0.3) is 11.3 Å². The summed E-state index contributed by atoms with van der Waals surface area (Å²) in [5.41, 5.74) is 0.137. The minimum Gasteiger partial charge on any atom is -0.490 e. The molecule has 0 aliphatic carbocycles. The molecular weight excluding hydrogens is 577 g/mol. The molecule has 2 amide bonds. The zero-order valence-corrected chi connectivity index (χ0v) is 23.7. The van der Waals surface area contributed by atoms with Gasteiger partial charge in [0.15, 0.2) is 17.4 Å². The number of anilines is 3. The lowest BCUT2D eigenvalue weighted by Crippen LogP contribution is -2.56. The molecule has 10 nitrogen and oxygen atoms in total. The van der Waals surface area contributed by atoms with Gasteiger partial charge >= 0.3 is 12.2 Å². The molecule has 1 fully saturated rings. The number of carbonyl (C=O) groups excluding carboxylic acids is 1. The van der Waals surface area contributed by atoms with Gasteiger partial charge in [-0.1, -0.05) is 23.7 Å². The quantitative estimate of drug-likeness (QED) is 0.246. The number of rotatable bonds is 8. The van der Waals surface area contributed by atoms with E-state index in [9.17, 15) is 23.1 Å². The smallest absolute Gasteiger partial charge is 0.416 e. The molecule has 2 aliphatic rings. The highest BCUT2D eigenvalue weighted by molar-refractivity contribution is 6.33. The van der Waals surface area contributed by atoms with E-state index in [0.29, 0.717) is 43.4 Å². The van der Waals surface area contributed by atoms with E-state index in [-0.39, 0.29) is 28.3 Å². The number of nitrogens with zero attached hydrogens (tertiary/aromatic N) is 5. The number of piperidine rings is 1. The second-order valence-corrected chi connectivity index (χ2v) is 10.9. The van der Waals surface area contributed by atoms with Gasteiger partial charge in [0.2, 0.25) is 5.95 Å². The summed E-state index contributed by atoms with van der Waals surface area (Å²) < 4.78 is 51.0. The van der Waals surface area contributed by atoms with Gasteiger partial charge in [0.25, 0.3) is 0 Å². The molecule has 2 bridgehead atoms. The molecule has 0 unspecified atom stereocenters. The fourth-order valence-electron chi connectivity index (χ4n) is 4.93. The molecule has 42 heavy (non-hydrogen) atoms. The molecule has 0 spiro atoms. The van der Waals surface area contributed by atoms with Crippen LogP contribution in [-0.4, -0.2) is 64.2 Å². The maximum Gasteiger partial charge on any atom is 0.416 e. The first kappa shape index (κ1) is 29.8. The molecule has 4 heterocycles. The Morgan fingerprint density at radius 3 is 2.67 bits per heavy atom. The molecule has 1 atom stereocenters.